The zero-order chi connectivity index (χ0) is 15.3. The van der Waals surface area contributed by atoms with Crippen LogP contribution in [0.2, 0.25) is 0 Å². The molecule has 0 spiro atoms. The zero-order valence-corrected chi connectivity index (χ0v) is 13.6. The maximum absolute atomic E-state index is 5.81. The summed E-state index contributed by atoms with van der Waals surface area (Å²) >= 11 is 0. The number of hydrogen-bond acceptors (Lipinski definition) is 4. The summed E-state index contributed by atoms with van der Waals surface area (Å²) in [5.74, 6) is 1.63. The quantitative estimate of drug-likeness (QED) is 0.600. The molecule has 0 saturated heterocycles. The molecule has 1 aromatic carbocycles. The molecule has 0 fully saturated rings. The molecule has 0 bridgehead atoms. The van der Waals surface area contributed by atoms with Crippen LogP contribution in [0, 0.1) is 0 Å². The van der Waals surface area contributed by atoms with Crippen molar-refractivity contribution >= 4 is 0 Å². The molecule has 0 unspecified atom stereocenters. The van der Waals surface area contributed by atoms with Gasteiger partial charge in [-0.25, -0.2) is 0 Å². The van der Waals surface area contributed by atoms with Crippen molar-refractivity contribution in [2.75, 3.05) is 34.0 Å². The zero-order valence-electron chi connectivity index (χ0n) is 13.6. The minimum atomic E-state index is 0.718. The molecule has 120 valence electrons. The molecule has 4 heteroatoms. The summed E-state index contributed by atoms with van der Waals surface area (Å²) in [4.78, 5) is 0. The molecule has 0 atom stereocenters. The van der Waals surface area contributed by atoms with Gasteiger partial charge in [-0.05, 0) is 24.1 Å². The Hall–Kier alpha value is -1.26. The van der Waals surface area contributed by atoms with Crippen molar-refractivity contribution in [2.45, 2.75) is 39.2 Å². The van der Waals surface area contributed by atoms with E-state index in [0.717, 1.165) is 44.2 Å². The van der Waals surface area contributed by atoms with Crippen LogP contribution in [0.3, 0.4) is 0 Å². The Kier molecular flexibility index (Phi) is 9.66. The van der Waals surface area contributed by atoms with Crippen molar-refractivity contribution < 1.29 is 14.2 Å². The van der Waals surface area contributed by atoms with Crippen LogP contribution in [-0.2, 0) is 11.3 Å². The predicted molar refractivity (Wildman–Crippen MR) is 86.2 cm³/mol. The van der Waals surface area contributed by atoms with E-state index in [0.29, 0.717) is 0 Å². The van der Waals surface area contributed by atoms with Crippen LogP contribution in [0.15, 0.2) is 18.2 Å². The van der Waals surface area contributed by atoms with E-state index in [2.05, 4.69) is 18.3 Å². The molecule has 0 amide bonds. The van der Waals surface area contributed by atoms with Gasteiger partial charge in [0.25, 0.3) is 0 Å². The van der Waals surface area contributed by atoms with Crippen LogP contribution < -0.4 is 14.8 Å². The summed E-state index contributed by atoms with van der Waals surface area (Å²) in [5, 5.41) is 3.32. The standard InChI is InChI=1S/C17H29NO3/c1-4-5-6-7-11-21-16-9-8-15(13-17(16)20-3)14-18-10-12-19-2/h8-9,13,18H,4-7,10-12,14H2,1-3H3. The summed E-state index contributed by atoms with van der Waals surface area (Å²) in [6.45, 7) is 5.33. The van der Waals surface area contributed by atoms with Crippen molar-refractivity contribution in [1.82, 2.24) is 5.32 Å². The van der Waals surface area contributed by atoms with E-state index in [-0.39, 0.29) is 0 Å². The monoisotopic (exact) mass is 295 g/mol. The highest BCUT2D eigenvalue weighted by Crippen LogP contribution is 2.28. The topological polar surface area (TPSA) is 39.7 Å². The van der Waals surface area contributed by atoms with E-state index in [1.165, 1.54) is 24.8 Å². The molecule has 0 aliphatic rings. The van der Waals surface area contributed by atoms with Crippen molar-refractivity contribution in [1.29, 1.82) is 0 Å². The molecule has 0 saturated carbocycles. The Labute approximate surface area is 128 Å². The van der Waals surface area contributed by atoms with Crippen molar-refractivity contribution in [3.63, 3.8) is 0 Å². The largest absolute Gasteiger partial charge is 0.493 e. The third-order valence-corrected chi connectivity index (χ3v) is 3.30. The fourth-order valence-corrected chi connectivity index (χ4v) is 2.06. The van der Waals surface area contributed by atoms with E-state index >= 15 is 0 Å². The van der Waals surface area contributed by atoms with Crippen LogP contribution in [0.1, 0.15) is 38.2 Å². The van der Waals surface area contributed by atoms with E-state index in [1.54, 1.807) is 14.2 Å². The predicted octanol–water partition coefficient (Wildman–Crippen LogP) is 3.39. The van der Waals surface area contributed by atoms with Gasteiger partial charge in [-0.1, -0.05) is 32.3 Å². The molecular formula is C17H29NO3. The fourth-order valence-electron chi connectivity index (χ4n) is 2.06. The average molecular weight is 295 g/mol. The van der Waals surface area contributed by atoms with Crippen molar-refractivity contribution in [3.8, 4) is 11.5 Å². The molecule has 0 aliphatic carbocycles. The molecule has 1 rings (SSSR count). The van der Waals surface area contributed by atoms with Gasteiger partial charge in [0.1, 0.15) is 0 Å². The number of methoxy groups -OCH3 is 2. The van der Waals surface area contributed by atoms with Gasteiger partial charge in [0.15, 0.2) is 11.5 Å². The third kappa shape index (κ3) is 7.34. The first-order chi connectivity index (χ1) is 10.3. The van der Waals surface area contributed by atoms with Crippen molar-refractivity contribution in [3.05, 3.63) is 23.8 Å². The highest BCUT2D eigenvalue weighted by Gasteiger charge is 2.05. The Balaban J connectivity index is 2.42. The lowest BCUT2D eigenvalue weighted by molar-refractivity contribution is 0.199. The van der Waals surface area contributed by atoms with Gasteiger partial charge in [-0.3, -0.25) is 0 Å². The fraction of sp³-hybridized carbons (Fsp3) is 0.647. The molecule has 21 heavy (non-hydrogen) atoms. The van der Waals surface area contributed by atoms with Gasteiger partial charge in [0, 0.05) is 20.2 Å². The minimum Gasteiger partial charge on any atom is -0.493 e. The smallest absolute Gasteiger partial charge is 0.161 e. The van der Waals surface area contributed by atoms with Crippen LogP contribution in [0.5, 0.6) is 11.5 Å². The maximum atomic E-state index is 5.81. The molecular weight excluding hydrogens is 266 g/mol. The summed E-state index contributed by atoms with van der Waals surface area (Å²) in [7, 11) is 3.39. The van der Waals surface area contributed by atoms with Gasteiger partial charge in [0.05, 0.1) is 20.3 Å². The molecule has 1 aromatic rings. The van der Waals surface area contributed by atoms with E-state index in [4.69, 9.17) is 14.2 Å². The molecule has 0 heterocycles. The summed E-state index contributed by atoms with van der Waals surface area (Å²) in [6.07, 6.45) is 4.83. The normalized spacial score (nSPS) is 10.6. The number of unbranched alkanes of at least 4 members (excludes halogenated alkanes) is 3. The second kappa shape index (κ2) is 11.4. The van der Waals surface area contributed by atoms with Crippen LogP contribution in [0.25, 0.3) is 0 Å². The van der Waals surface area contributed by atoms with Crippen molar-refractivity contribution in [2.24, 2.45) is 0 Å². The number of ether oxygens (including phenoxy) is 3. The lowest BCUT2D eigenvalue weighted by Crippen LogP contribution is -2.18. The van der Waals surface area contributed by atoms with Gasteiger partial charge in [0.2, 0.25) is 0 Å². The third-order valence-electron chi connectivity index (χ3n) is 3.30. The Morgan fingerprint density at radius 3 is 2.57 bits per heavy atom. The first-order valence-electron chi connectivity index (χ1n) is 7.81. The van der Waals surface area contributed by atoms with Gasteiger partial charge < -0.3 is 19.5 Å². The van der Waals surface area contributed by atoms with Gasteiger partial charge in [-0.2, -0.15) is 0 Å². The lowest BCUT2D eigenvalue weighted by Gasteiger charge is -2.12. The first kappa shape index (κ1) is 17.8. The van der Waals surface area contributed by atoms with E-state index in [9.17, 15) is 0 Å². The lowest BCUT2D eigenvalue weighted by atomic mass is 10.2. The maximum Gasteiger partial charge on any atom is 0.161 e. The Bertz CT molecular complexity index is 382. The number of nitrogens with one attached hydrogen (secondary N) is 1. The SMILES string of the molecule is CCCCCCOc1ccc(CNCCOC)cc1OC. The molecule has 1 N–H and O–H groups in total. The Morgan fingerprint density at radius 1 is 1.00 bits per heavy atom. The average Bonchev–Trinajstić information content (AvgIpc) is 2.52. The van der Waals surface area contributed by atoms with E-state index in [1.807, 2.05) is 12.1 Å². The molecule has 4 nitrogen and oxygen atoms in total. The van der Waals surface area contributed by atoms with E-state index < -0.39 is 0 Å². The summed E-state index contributed by atoms with van der Waals surface area (Å²) < 4.78 is 16.2. The minimum absolute atomic E-state index is 0.718. The molecule has 0 aliphatic heterocycles. The summed E-state index contributed by atoms with van der Waals surface area (Å²) in [5.41, 5.74) is 1.18. The number of benzene rings is 1. The van der Waals surface area contributed by atoms with Gasteiger partial charge in [-0.15, -0.1) is 0 Å². The highest BCUT2D eigenvalue weighted by atomic mass is 16.5. The molecule has 0 aromatic heterocycles. The summed E-state index contributed by atoms with van der Waals surface area (Å²) in [6, 6.07) is 6.09. The van der Waals surface area contributed by atoms with Crippen LogP contribution in [0.4, 0.5) is 0 Å². The number of rotatable bonds is 12. The van der Waals surface area contributed by atoms with Crippen LogP contribution >= 0.6 is 0 Å². The van der Waals surface area contributed by atoms with Crippen LogP contribution in [-0.4, -0.2) is 34.0 Å². The second-order valence-corrected chi connectivity index (χ2v) is 5.06. The van der Waals surface area contributed by atoms with Gasteiger partial charge >= 0.3 is 0 Å². The number of hydrogen-bond donors (Lipinski definition) is 1. The second-order valence-electron chi connectivity index (χ2n) is 5.06. The highest BCUT2D eigenvalue weighted by molar-refractivity contribution is 5.42. The first-order valence-corrected chi connectivity index (χ1v) is 7.81. The molecule has 0 radical (unpaired) electrons. The Morgan fingerprint density at radius 2 is 1.86 bits per heavy atom.